The Morgan fingerprint density at radius 1 is 0.914 bits per heavy atom. The fourth-order valence-electron chi connectivity index (χ4n) is 3.79. The van der Waals surface area contributed by atoms with E-state index in [1.165, 1.54) is 0 Å². The minimum Gasteiger partial charge on any atom is -0.497 e. The van der Waals surface area contributed by atoms with Crippen LogP contribution in [0, 0.1) is 6.92 Å². The van der Waals surface area contributed by atoms with Gasteiger partial charge in [-0.3, -0.25) is 9.59 Å². The fraction of sp³-hybridized carbons (Fsp3) is 0.310. The number of benzene rings is 3. The van der Waals surface area contributed by atoms with Gasteiger partial charge >= 0.3 is 0 Å². The summed E-state index contributed by atoms with van der Waals surface area (Å²) in [6.07, 6.45) is 1.23. The van der Waals surface area contributed by atoms with Crippen LogP contribution in [0.4, 0.5) is 0 Å². The van der Waals surface area contributed by atoms with Crippen LogP contribution in [0.25, 0.3) is 0 Å². The van der Waals surface area contributed by atoms with Crippen molar-refractivity contribution in [1.82, 2.24) is 10.2 Å². The largest absolute Gasteiger partial charge is 0.497 e. The minimum absolute atomic E-state index is 0.165. The van der Waals surface area contributed by atoms with Gasteiger partial charge in [0.1, 0.15) is 17.5 Å². The molecule has 0 unspecified atom stereocenters. The SMILES string of the molecule is CCCNC(=O)[C@@H](Cc1ccccc1)N(Cc1ccccc1C)C(=O)COc1ccc(OC)cc1. The third-order valence-corrected chi connectivity index (χ3v) is 5.84. The number of ether oxygens (including phenoxy) is 2. The van der Waals surface area contributed by atoms with E-state index in [0.29, 0.717) is 31.0 Å². The van der Waals surface area contributed by atoms with Crippen LogP contribution in [-0.2, 0) is 22.6 Å². The first-order valence-corrected chi connectivity index (χ1v) is 11.9. The molecule has 2 amide bonds. The average Bonchev–Trinajstić information content (AvgIpc) is 2.89. The number of hydrogen-bond acceptors (Lipinski definition) is 4. The van der Waals surface area contributed by atoms with Crippen LogP contribution in [0.15, 0.2) is 78.9 Å². The van der Waals surface area contributed by atoms with E-state index in [4.69, 9.17) is 9.47 Å². The second-order valence-corrected chi connectivity index (χ2v) is 8.41. The zero-order valence-electron chi connectivity index (χ0n) is 20.7. The Kier molecular flexibility index (Phi) is 9.72. The summed E-state index contributed by atoms with van der Waals surface area (Å²) >= 11 is 0. The third-order valence-electron chi connectivity index (χ3n) is 5.84. The topological polar surface area (TPSA) is 67.9 Å². The van der Waals surface area contributed by atoms with Crippen molar-refractivity contribution >= 4 is 11.8 Å². The molecule has 3 rings (SSSR count). The normalized spacial score (nSPS) is 11.4. The molecule has 6 nitrogen and oxygen atoms in total. The van der Waals surface area contributed by atoms with Crippen LogP contribution in [0.3, 0.4) is 0 Å². The maximum absolute atomic E-state index is 13.6. The second kappa shape index (κ2) is 13.2. The highest BCUT2D eigenvalue weighted by atomic mass is 16.5. The van der Waals surface area contributed by atoms with E-state index >= 15 is 0 Å². The molecule has 0 spiro atoms. The van der Waals surface area contributed by atoms with E-state index in [2.05, 4.69) is 5.32 Å². The number of amides is 2. The molecule has 0 radical (unpaired) electrons. The monoisotopic (exact) mass is 474 g/mol. The summed E-state index contributed by atoms with van der Waals surface area (Å²) in [4.78, 5) is 28.5. The van der Waals surface area contributed by atoms with Crippen molar-refractivity contribution in [1.29, 1.82) is 0 Å². The molecule has 0 saturated heterocycles. The van der Waals surface area contributed by atoms with Crippen molar-refractivity contribution in [2.45, 2.75) is 39.3 Å². The van der Waals surface area contributed by atoms with Gasteiger partial charge in [-0.15, -0.1) is 0 Å². The van der Waals surface area contributed by atoms with Gasteiger partial charge < -0.3 is 19.7 Å². The van der Waals surface area contributed by atoms with Crippen LogP contribution >= 0.6 is 0 Å². The molecular formula is C29H34N2O4. The van der Waals surface area contributed by atoms with Gasteiger partial charge in [-0.25, -0.2) is 0 Å². The summed E-state index contributed by atoms with van der Waals surface area (Å²) in [5, 5.41) is 2.99. The van der Waals surface area contributed by atoms with Gasteiger partial charge in [-0.05, 0) is 54.3 Å². The third kappa shape index (κ3) is 7.60. The molecule has 1 N–H and O–H groups in total. The molecule has 1 atom stereocenters. The van der Waals surface area contributed by atoms with Crippen LogP contribution in [0.1, 0.15) is 30.0 Å². The van der Waals surface area contributed by atoms with Gasteiger partial charge in [0, 0.05) is 19.5 Å². The highest BCUT2D eigenvalue weighted by Crippen LogP contribution is 2.19. The Morgan fingerprint density at radius 3 is 2.23 bits per heavy atom. The fourth-order valence-corrected chi connectivity index (χ4v) is 3.79. The van der Waals surface area contributed by atoms with Gasteiger partial charge in [0.05, 0.1) is 7.11 Å². The maximum atomic E-state index is 13.6. The van der Waals surface area contributed by atoms with Crippen LogP contribution < -0.4 is 14.8 Å². The lowest BCUT2D eigenvalue weighted by Crippen LogP contribution is -2.51. The summed E-state index contributed by atoms with van der Waals surface area (Å²) in [6.45, 7) is 4.71. The van der Waals surface area contributed by atoms with Crippen LogP contribution in [0.5, 0.6) is 11.5 Å². The van der Waals surface area contributed by atoms with Gasteiger partial charge in [-0.1, -0.05) is 61.5 Å². The Bertz CT molecular complexity index is 1080. The molecule has 35 heavy (non-hydrogen) atoms. The summed E-state index contributed by atoms with van der Waals surface area (Å²) in [7, 11) is 1.60. The molecule has 0 fully saturated rings. The molecule has 3 aromatic carbocycles. The number of rotatable bonds is 12. The first-order valence-electron chi connectivity index (χ1n) is 11.9. The Morgan fingerprint density at radius 2 is 1.57 bits per heavy atom. The number of carbonyl (C=O) groups is 2. The average molecular weight is 475 g/mol. The number of aryl methyl sites for hydroxylation is 1. The highest BCUT2D eigenvalue weighted by Gasteiger charge is 2.30. The molecule has 0 heterocycles. The molecule has 3 aromatic rings. The van der Waals surface area contributed by atoms with Gasteiger partial charge in [0.25, 0.3) is 5.91 Å². The van der Waals surface area contributed by atoms with Crippen molar-refractivity contribution in [3.63, 3.8) is 0 Å². The lowest BCUT2D eigenvalue weighted by molar-refractivity contribution is -0.142. The van der Waals surface area contributed by atoms with Crippen molar-refractivity contribution in [3.8, 4) is 11.5 Å². The summed E-state index contributed by atoms with van der Waals surface area (Å²) in [5.41, 5.74) is 3.04. The summed E-state index contributed by atoms with van der Waals surface area (Å²) < 4.78 is 11.0. The quantitative estimate of drug-likeness (QED) is 0.418. The minimum atomic E-state index is -0.671. The van der Waals surface area contributed by atoms with E-state index in [1.807, 2.05) is 68.4 Å². The number of hydrogen-bond donors (Lipinski definition) is 1. The molecule has 0 aliphatic carbocycles. The number of nitrogens with one attached hydrogen (secondary N) is 1. The summed E-state index contributed by atoms with van der Waals surface area (Å²) in [6, 6.07) is 24.1. The van der Waals surface area contributed by atoms with Crippen molar-refractivity contribution in [3.05, 3.63) is 95.6 Å². The molecule has 0 saturated carbocycles. The number of nitrogens with zero attached hydrogens (tertiary/aromatic N) is 1. The molecule has 6 heteroatoms. The van der Waals surface area contributed by atoms with E-state index in [0.717, 1.165) is 23.1 Å². The van der Waals surface area contributed by atoms with Crippen LogP contribution in [0.2, 0.25) is 0 Å². The smallest absolute Gasteiger partial charge is 0.261 e. The predicted molar refractivity (Wildman–Crippen MR) is 137 cm³/mol. The molecular weight excluding hydrogens is 440 g/mol. The maximum Gasteiger partial charge on any atom is 0.261 e. The van der Waals surface area contributed by atoms with Crippen molar-refractivity contribution in [2.75, 3.05) is 20.3 Å². The van der Waals surface area contributed by atoms with Crippen LogP contribution in [-0.4, -0.2) is 43.0 Å². The molecule has 0 aromatic heterocycles. The van der Waals surface area contributed by atoms with Crippen molar-refractivity contribution < 1.29 is 19.1 Å². The zero-order valence-corrected chi connectivity index (χ0v) is 20.7. The lowest BCUT2D eigenvalue weighted by atomic mass is 10.0. The van der Waals surface area contributed by atoms with E-state index in [9.17, 15) is 9.59 Å². The number of methoxy groups -OCH3 is 1. The van der Waals surface area contributed by atoms with E-state index in [1.54, 1.807) is 36.3 Å². The first-order chi connectivity index (χ1) is 17.0. The predicted octanol–water partition coefficient (Wildman–Crippen LogP) is 4.55. The molecule has 184 valence electrons. The van der Waals surface area contributed by atoms with E-state index in [-0.39, 0.29) is 18.4 Å². The van der Waals surface area contributed by atoms with Gasteiger partial charge in [0.2, 0.25) is 5.91 Å². The standard InChI is InChI=1S/C29H34N2O4/c1-4-18-30-29(33)27(19-23-11-6-5-7-12-23)31(20-24-13-9-8-10-22(24)2)28(32)21-35-26-16-14-25(34-3)15-17-26/h5-17,27H,4,18-21H2,1-3H3,(H,30,33)/t27-/m1/s1. The highest BCUT2D eigenvalue weighted by molar-refractivity contribution is 5.88. The Hall–Kier alpha value is -3.80. The molecule has 0 bridgehead atoms. The summed E-state index contributed by atoms with van der Waals surface area (Å²) in [5.74, 6) is 0.851. The zero-order chi connectivity index (χ0) is 25.0. The lowest BCUT2D eigenvalue weighted by Gasteiger charge is -2.32. The van der Waals surface area contributed by atoms with Gasteiger partial charge in [0.15, 0.2) is 6.61 Å². The van der Waals surface area contributed by atoms with Crippen molar-refractivity contribution in [2.24, 2.45) is 0 Å². The molecule has 0 aliphatic rings. The Balaban J connectivity index is 1.88. The van der Waals surface area contributed by atoms with Gasteiger partial charge in [-0.2, -0.15) is 0 Å². The Labute approximate surface area is 207 Å². The second-order valence-electron chi connectivity index (χ2n) is 8.41. The number of carbonyl (C=O) groups excluding carboxylic acids is 2. The van der Waals surface area contributed by atoms with E-state index < -0.39 is 6.04 Å². The molecule has 0 aliphatic heterocycles. The first kappa shape index (κ1) is 25.8.